The second-order valence-electron chi connectivity index (χ2n) is 10.7. The van der Waals surface area contributed by atoms with Crippen molar-refractivity contribution >= 4 is 34.2 Å². The molecular formula is C35H34FN3OS. The van der Waals surface area contributed by atoms with Crippen LogP contribution in [0.4, 0.5) is 4.39 Å². The zero-order valence-electron chi connectivity index (χ0n) is 23.0. The average molecular weight is 564 g/mol. The molecule has 208 valence electrons. The molecule has 0 bridgehead atoms. The van der Waals surface area contributed by atoms with Crippen molar-refractivity contribution in [1.29, 1.82) is 0 Å². The number of piperazine rings is 1. The molecule has 1 saturated heterocycles. The van der Waals surface area contributed by atoms with E-state index in [0.29, 0.717) is 13.0 Å². The van der Waals surface area contributed by atoms with Crippen LogP contribution in [-0.2, 0) is 11.3 Å². The van der Waals surface area contributed by atoms with Gasteiger partial charge in [0.15, 0.2) is 0 Å². The highest BCUT2D eigenvalue weighted by Crippen LogP contribution is 2.36. The maximum absolute atomic E-state index is 13.7. The Kier molecular flexibility index (Phi) is 8.40. The van der Waals surface area contributed by atoms with Gasteiger partial charge in [-0.25, -0.2) is 4.39 Å². The van der Waals surface area contributed by atoms with E-state index in [1.54, 1.807) is 11.3 Å². The molecule has 1 unspecified atom stereocenters. The van der Waals surface area contributed by atoms with Crippen LogP contribution in [0.15, 0.2) is 108 Å². The minimum absolute atomic E-state index is 0.0278. The summed E-state index contributed by atoms with van der Waals surface area (Å²) >= 11 is 1.67. The number of carbonyl (C=O) groups excluding carboxylic acids is 1. The zero-order chi connectivity index (χ0) is 28.0. The molecule has 0 aliphatic carbocycles. The van der Waals surface area contributed by atoms with Crippen LogP contribution >= 0.6 is 11.3 Å². The molecule has 1 amide bonds. The maximum Gasteiger partial charge on any atom is 0.223 e. The summed E-state index contributed by atoms with van der Waals surface area (Å²) in [7, 11) is 0. The van der Waals surface area contributed by atoms with Gasteiger partial charge in [-0.3, -0.25) is 9.69 Å². The van der Waals surface area contributed by atoms with Gasteiger partial charge in [-0.15, -0.1) is 0 Å². The number of rotatable bonds is 9. The number of benzene rings is 3. The Bertz CT molecular complexity index is 1600. The highest BCUT2D eigenvalue weighted by molar-refractivity contribution is 7.08. The van der Waals surface area contributed by atoms with Crippen LogP contribution in [-0.4, -0.2) is 53.0 Å². The molecule has 0 saturated carbocycles. The average Bonchev–Trinajstić information content (AvgIpc) is 3.67. The van der Waals surface area contributed by atoms with Gasteiger partial charge in [-0.05, 0) is 57.3 Å². The Morgan fingerprint density at radius 2 is 1.66 bits per heavy atom. The minimum Gasteiger partial charge on any atom is -0.343 e. The van der Waals surface area contributed by atoms with Crippen molar-refractivity contribution in [2.24, 2.45) is 0 Å². The van der Waals surface area contributed by atoms with Gasteiger partial charge in [0.1, 0.15) is 5.82 Å². The van der Waals surface area contributed by atoms with Gasteiger partial charge < -0.3 is 9.47 Å². The topological polar surface area (TPSA) is 28.5 Å². The summed E-state index contributed by atoms with van der Waals surface area (Å²) in [6.45, 7) is 4.80. The number of amides is 1. The fourth-order valence-corrected chi connectivity index (χ4v) is 6.45. The fourth-order valence-electron chi connectivity index (χ4n) is 5.74. The molecular weight excluding hydrogens is 529 g/mol. The van der Waals surface area contributed by atoms with Crippen LogP contribution in [0.25, 0.3) is 17.0 Å². The summed E-state index contributed by atoms with van der Waals surface area (Å²) in [4.78, 5) is 18.1. The van der Waals surface area contributed by atoms with Crippen molar-refractivity contribution in [2.45, 2.75) is 18.9 Å². The summed E-state index contributed by atoms with van der Waals surface area (Å²) in [6.07, 6.45) is 7.01. The van der Waals surface area contributed by atoms with E-state index in [1.165, 1.54) is 28.8 Å². The quantitative estimate of drug-likeness (QED) is 0.189. The lowest BCUT2D eigenvalue weighted by atomic mass is 9.89. The van der Waals surface area contributed by atoms with Gasteiger partial charge >= 0.3 is 0 Å². The summed E-state index contributed by atoms with van der Waals surface area (Å²) in [5.74, 6) is -0.0525. The summed E-state index contributed by atoms with van der Waals surface area (Å²) in [6, 6.07) is 27.6. The fraction of sp³-hybridized carbons (Fsp3) is 0.229. The molecule has 1 aliphatic rings. The molecule has 1 atom stereocenters. The molecule has 0 N–H and O–H groups in total. The van der Waals surface area contributed by atoms with E-state index in [9.17, 15) is 9.18 Å². The molecule has 6 heteroatoms. The number of thiophene rings is 1. The third kappa shape index (κ3) is 6.50. The van der Waals surface area contributed by atoms with E-state index in [-0.39, 0.29) is 17.6 Å². The monoisotopic (exact) mass is 563 g/mol. The van der Waals surface area contributed by atoms with Crippen molar-refractivity contribution in [3.05, 3.63) is 136 Å². The number of carbonyl (C=O) groups is 1. The van der Waals surface area contributed by atoms with Gasteiger partial charge in [0.05, 0.1) is 0 Å². The molecule has 4 nitrogen and oxygen atoms in total. The third-order valence-corrected chi connectivity index (χ3v) is 8.69. The number of fused-ring (bicyclic) bond motifs is 1. The molecule has 3 heterocycles. The van der Waals surface area contributed by atoms with Crippen LogP contribution in [0.3, 0.4) is 0 Å². The van der Waals surface area contributed by atoms with Crippen LogP contribution in [0, 0.1) is 5.82 Å². The van der Waals surface area contributed by atoms with Gasteiger partial charge in [-0.1, -0.05) is 72.8 Å². The second kappa shape index (κ2) is 12.7. The highest BCUT2D eigenvalue weighted by Gasteiger charge is 2.27. The summed E-state index contributed by atoms with van der Waals surface area (Å²) in [5.41, 5.74) is 5.71. The molecule has 2 aromatic heterocycles. The Labute approximate surface area is 245 Å². The highest BCUT2D eigenvalue weighted by atomic mass is 32.1. The number of hydrogen-bond donors (Lipinski definition) is 0. The second-order valence-corrected chi connectivity index (χ2v) is 11.4. The van der Waals surface area contributed by atoms with E-state index in [4.69, 9.17) is 0 Å². The Morgan fingerprint density at radius 3 is 2.41 bits per heavy atom. The normalized spacial score (nSPS) is 15.1. The SMILES string of the molecule is O=C(CC(c1ccsc1)c1cn(Cc2ccc(F)cc2)c2ccccc12)N1CCN(CC=Cc2ccccc2)CC1. The Hall–Kier alpha value is -4.00. The summed E-state index contributed by atoms with van der Waals surface area (Å²) < 4.78 is 15.7. The first-order valence-corrected chi connectivity index (χ1v) is 15.1. The molecule has 3 aromatic carbocycles. The predicted molar refractivity (Wildman–Crippen MR) is 167 cm³/mol. The van der Waals surface area contributed by atoms with Crippen LogP contribution < -0.4 is 0 Å². The first-order chi connectivity index (χ1) is 20.1. The van der Waals surface area contributed by atoms with Crippen molar-refractivity contribution in [1.82, 2.24) is 14.4 Å². The number of para-hydroxylation sites is 1. The van der Waals surface area contributed by atoms with E-state index in [0.717, 1.165) is 49.2 Å². The van der Waals surface area contributed by atoms with Crippen molar-refractivity contribution in [3.8, 4) is 0 Å². The van der Waals surface area contributed by atoms with E-state index in [2.05, 4.69) is 87.1 Å². The maximum atomic E-state index is 13.7. The smallest absolute Gasteiger partial charge is 0.223 e. The van der Waals surface area contributed by atoms with E-state index >= 15 is 0 Å². The third-order valence-electron chi connectivity index (χ3n) is 7.98. The van der Waals surface area contributed by atoms with Gasteiger partial charge in [0.25, 0.3) is 0 Å². The number of hydrogen-bond acceptors (Lipinski definition) is 3. The van der Waals surface area contributed by atoms with Crippen LogP contribution in [0.2, 0.25) is 0 Å². The van der Waals surface area contributed by atoms with Crippen LogP contribution in [0.1, 0.15) is 34.6 Å². The largest absolute Gasteiger partial charge is 0.343 e. The van der Waals surface area contributed by atoms with Crippen molar-refractivity contribution in [3.63, 3.8) is 0 Å². The van der Waals surface area contributed by atoms with Crippen molar-refractivity contribution < 1.29 is 9.18 Å². The molecule has 0 radical (unpaired) electrons. The van der Waals surface area contributed by atoms with E-state index in [1.807, 2.05) is 29.2 Å². The minimum atomic E-state index is -0.229. The molecule has 5 aromatic rings. The molecule has 1 fully saturated rings. The molecule has 6 rings (SSSR count). The van der Waals surface area contributed by atoms with Crippen molar-refractivity contribution in [2.75, 3.05) is 32.7 Å². The van der Waals surface area contributed by atoms with Crippen LogP contribution in [0.5, 0.6) is 0 Å². The number of nitrogens with zero attached hydrogens (tertiary/aromatic N) is 3. The van der Waals surface area contributed by atoms with Gasteiger partial charge in [-0.2, -0.15) is 11.3 Å². The van der Waals surface area contributed by atoms with Gasteiger partial charge in [0, 0.05) is 68.7 Å². The predicted octanol–water partition coefficient (Wildman–Crippen LogP) is 7.27. The molecule has 1 aliphatic heterocycles. The molecule has 0 spiro atoms. The number of halogens is 1. The lowest BCUT2D eigenvalue weighted by Gasteiger charge is -2.35. The Morgan fingerprint density at radius 1 is 0.902 bits per heavy atom. The lowest BCUT2D eigenvalue weighted by Crippen LogP contribution is -2.48. The van der Waals surface area contributed by atoms with E-state index < -0.39 is 0 Å². The number of aromatic nitrogens is 1. The molecule has 41 heavy (non-hydrogen) atoms. The lowest BCUT2D eigenvalue weighted by molar-refractivity contribution is -0.133. The zero-order valence-corrected chi connectivity index (χ0v) is 23.8. The summed E-state index contributed by atoms with van der Waals surface area (Å²) in [5, 5.41) is 5.42. The Balaban J connectivity index is 1.17. The standard InChI is InChI=1S/C35H34FN3OS/c36-30-14-12-28(13-15-30)24-39-25-33(31-10-4-5-11-34(31)39)32(29-16-22-41-26-29)23-35(40)38-20-18-37(19-21-38)17-6-9-27-7-2-1-3-8-27/h1-16,22,25-26,32H,17-21,23-24H2. The van der Waals surface area contributed by atoms with Gasteiger partial charge in [0.2, 0.25) is 5.91 Å². The first-order valence-electron chi connectivity index (χ1n) is 14.2. The first kappa shape index (κ1) is 27.2.